The highest BCUT2D eigenvalue weighted by Gasteiger charge is 2.40. The number of nitriles is 1. The number of benzene rings is 1. The maximum absolute atomic E-state index is 12.2. The number of nitrogens with zero attached hydrogens (tertiary/aromatic N) is 1. The lowest BCUT2D eigenvalue weighted by Gasteiger charge is -2.29. The van der Waals surface area contributed by atoms with Gasteiger partial charge in [-0.2, -0.15) is 5.26 Å². The molecule has 0 bridgehead atoms. The molecule has 0 spiro atoms. The average molecular weight is 272 g/mol. The molecule has 1 N–H and O–H groups in total. The van der Waals surface area contributed by atoms with Gasteiger partial charge in [0.15, 0.2) is 0 Å². The summed E-state index contributed by atoms with van der Waals surface area (Å²) in [6, 6.07) is 10.4. The monoisotopic (exact) mass is 272 g/mol. The lowest BCUT2D eigenvalue weighted by atomic mass is 9.81. The van der Waals surface area contributed by atoms with E-state index in [0.717, 1.165) is 6.42 Å². The third kappa shape index (κ3) is 3.37. The molecule has 0 saturated carbocycles. The summed E-state index contributed by atoms with van der Waals surface area (Å²) in [7, 11) is 0. The minimum Gasteiger partial charge on any atom is -0.381 e. The molecule has 0 aliphatic carbocycles. The van der Waals surface area contributed by atoms with E-state index in [-0.39, 0.29) is 5.91 Å². The number of aryl methyl sites for hydroxylation is 1. The van der Waals surface area contributed by atoms with Gasteiger partial charge >= 0.3 is 0 Å². The Morgan fingerprint density at radius 1 is 1.45 bits per heavy atom. The lowest BCUT2D eigenvalue weighted by molar-refractivity contribution is -0.132. The van der Waals surface area contributed by atoms with Crippen molar-refractivity contribution in [1.82, 2.24) is 5.32 Å². The van der Waals surface area contributed by atoms with Gasteiger partial charge < -0.3 is 10.1 Å². The molecule has 1 aromatic carbocycles. The number of hydrogen-bond donors (Lipinski definition) is 1. The molecule has 0 unspecified atom stereocenters. The van der Waals surface area contributed by atoms with E-state index in [2.05, 4.69) is 30.4 Å². The topological polar surface area (TPSA) is 62.1 Å². The smallest absolute Gasteiger partial charge is 0.240 e. The summed E-state index contributed by atoms with van der Waals surface area (Å²) >= 11 is 0. The number of hydrogen-bond acceptors (Lipinski definition) is 3. The van der Waals surface area contributed by atoms with E-state index in [4.69, 9.17) is 4.74 Å². The molecule has 0 radical (unpaired) electrons. The largest absolute Gasteiger partial charge is 0.381 e. The quantitative estimate of drug-likeness (QED) is 0.911. The van der Waals surface area contributed by atoms with Gasteiger partial charge in [0, 0.05) is 19.8 Å². The molecule has 1 aliphatic heterocycles. The van der Waals surface area contributed by atoms with Crippen molar-refractivity contribution in [3.63, 3.8) is 0 Å². The molecular weight excluding hydrogens is 252 g/mol. The highest BCUT2D eigenvalue weighted by Crippen LogP contribution is 2.29. The molecule has 4 nitrogen and oxygen atoms in total. The second-order valence-corrected chi connectivity index (χ2v) is 5.30. The van der Waals surface area contributed by atoms with Crippen molar-refractivity contribution in [2.45, 2.75) is 26.2 Å². The van der Waals surface area contributed by atoms with Crippen LogP contribution in [-0.4, -0.2) is 25.7 Å². The highest BCUT2D eigenvalue weighted by atomic mass is 16.5. The Morgan fingerprint density at radius 2 is 2.20 bits per heavy atom. The summed E-state index contributed by atoms with van der Waals surface area (Å²) in [6.45, 7) is 3.58. The fourth-order valence-electron chi connectivity index (χ4n) is 2.47. The van der Waals surface area contributed by atoms with Gasteiger partial charge in [-0.25, -0.2) is 0 Å². The highest BCUT2D eigenvalue weighted by molar-refractivity contribution is 5.85. The molecule has 1 aliphatic rings. The van der Waals surface area contributed by atoms with Crippen molar-refractivity contribution in [3.05, 3.63) is 35.4 Å². The third-order valence-electron chi connectivity index (χ3n) is 3.78. The van der Waals surface area contributed by atoms with E-state index in [0.29, 0.717) is 32.6 Å². The van der Waals surface area contributed by atoms with Gasteiger partial charge in [0.25, 0.3) is 0 Å². The molecule has 1 saturated heterocycles. The fraction of sp³-hybridized carbons (Fsp3) is 0.500. The van der Waals surface area contributed by atoms with E-state index in [9.17, 15) is 10.1 Å². The number of carbonyl (C=O) groups excluding carboxylic acids is 1. The Bertz CT molecular complexity index is 513. The van der Waals surface area contributed by atoms with Gasteiger partial charge in [0.1, 0.15) is 5.41 Å². The van der Waals surface area contributed by atoms with E-state index in [1.54, 1.807) is 0 Å². The predicted molar refractivity (Wildman–Crippen MR) is 76.0 cm³/mol. The van der Waals surface area contributed by atoms with Crippen molar-refractivity contribution in [2.24, 2.45) is 5.41 Å². The minimum atomic E-state index is -0.898. The first-order chi connectivity index (χ1) is 9.66. The van der Waals surface area contributed by atoms with Crippen molar-refractivity contribution in [1.29, 1.82) is 5.26 Å². The molecular formula is C16H20N2O2. The normalized spacial score (nSPS) is 17.2. The first kappa shape index (κ1) is 14.5. The molecule has 20 heavy (non-hydrogen) atoms. The van der Waals surface area contributed by atoms with Crippen LogP contribution in [0.3, 0.4) is 0 Å². The second-order valence-electron chi connectivity index (χ2n) is 5.30. The summed E-state index contributed by atoms with van der Waals surface area (Å²) in [4.78, 5) is 12.2. The van der Waals surface area contributed by atoms with Crippen LogP contribution in [0, 0.1) is 23.7 Å². The Labute approximate surface area is 119 Å². The maximum atomic E-state index is 12.2. The van der Waals surface area contributed by atoms with Crippen molar-refractivity contribution < 1.29 is 9.53 Å². The summed E-state index contributed by atoms with van der Waals surface area (Å²) in [5.41, 5.74) is 1.51. The zero-order chi connectivity index (χ0) is 14.4. The third-order valence-corrected chi connectivity index (χ3v) is 3.78. The number of nitrogens with one attached hydrogen (secondary N) is 1. The predicted octanol–water partition coefficient (Wildman–Crippen LogP) is 1.97. The first-order valence-corrected chi connectivity index (χ1v) is 6.99. The number of rotatable bonds is 4. The van der Waals surface area contributed by atoms with Crippen LogP contribution in [0.2, 0.25) is 0 Å². The molecule has 2 rings (SSSR count). The number of ether oxygens (including phenoxy) is 1. The summed E-state index contributed by atoms with van der Waals surface area (Å²) in [5, 5.41) is 12.2. The summed E-state index contributed by atoms with van der Waals surface area (Å²) < 4.78 is 5.23. The van der Waals surface area contributed by atoms with Crippen LogP contribution in [0.4, 0.5) is 0 Å². The van der Waals surface area contributed by atoms with Crippen LogP contribution in [0.15, 0.2) is 24.3 Å². The zero-order valence-electron chi connectivity index (χ0n) is 11.8. The molecule has 1 amide bonds. The van der Waals surface area contributed by atoms with E-state index in [1.807, 2.05) is 12.1 Å². The van der Waals surface area contributed by atoms with Gasteiger partial charge in [0.05, 0.1) is 6.07 Å². The molecule has 4 heteroatoms. The first-order valence-electron chi connectivity index (χ1n) is 6.99. The molecule has 0 aromatic heterocycles. The van der Waals surface area contributed by atoms with Crippen LogP contribution in [-0.2, 0) is 16.0 Å². The molecule has 1 heterocycles. The van der Waals surface area contributed by atoms with Gasteiger partial charge in [-0.05, 0) is 31.7 Å². The van der Waals surface area contributed by atoms with Gasteiger partial charge in [-0.1, -0.05) is 29.8 Å². The zero-order valence-corrected chi connectivity index (χ0v) is 11.8. The van der Waals surface area contributed by atoms with Crippen molar-refractivity contribution >= 4 is 5.91 Å². The molecule has 1 aromatic rings. The van der Waals surface area contributed by atoms with Crippen molar-refractivity contribution in [2.75, 3.05) is 19.8 Å². The Hall–Kier alpha value is -1.86. The lowest BCUT2D eigenvalue weighted by Crippen LogP contribution is -2.44. The molecule has 0 atom stereocenters. The SMILES string of the molecule is Cc1cccc(CCNC(=O)C2(C#N)CCOCC2)c1. The second kappa shape index (κ2) is 6.53. The average Bonchev–Trinajstić information content (AvgIpc) is 2.48. The van der Waals surface area contributed by atoms with Crippen LogP contribution < -0.4 is 5.32 Å². The number of amides is 1. The molecule has 106 valence electrons. The fourth-order valence-corrected chi connectivity index (χ4v) is 2.47. The molecule has 1 fully saturated rings. The van der Waals surface area contributed by atoms with Crippen LogP contribution in [0.25, 0.3) is 0 Å². The van der Waals surface area contributed by atoms with E-state index in [1.165, 1.54) is 11.1 Å². The van der Waals surface area contributed by atoms with Crippen LogP contribution in [0.5, 0.6) is 0 Å². The van der Waals surface area contributed by atoms with E-state index >= 15 is 0 Å². The standard InChI is InChI=1S/C16H20N2O2/c1-13-3-2-4-14(11-13)5-8-18-15(19)16(12-17)6-9-20-10-7-16/h2-4,11H,5-10H2,1H3,(H,18,19). The van der Waals surface area contributed by atoms with Gasteiger partial charge in [-0.15, -0.1) is 0 Å². The van der Waals surface area contributed by atoms with Crippen LogP contribution >= 0.6 is 0 Å². The van der Waals surface area contributed by atoms with E-state index < -0.39 is 5.41 Å². The Balaban J connectivity index is 1.87. The summed E-state index contributed by atoms with van der Waals surface area (Å²) in [6.07, 6.45) is 1.75. The van der Waals surface area contributed by atoms with Gasteiger partial charge in [0.2, 0.25) is 5.91 Å². The Kier molecular flexibility index (Phi) is 4.75. The summed E-state index contributed by atoms with van der Waals surface area (Å²) in [5.74, 6) is -0.157. The maximum Gasteiger partial charge on any atom is 0.240 e. The Morgan fingerprint density at radius 3 is 2.85 bits per heavy atom. The minimum absolute atomic E-state index is 0.157. The number of carbonyl (C=O) groups is 1. The van der Waals surface area contributed by atoms with Gasteiger partial charge in [-0.3, -0.25) is 4.79 Å². The van der Waals surface area contributed by atoms with Crippen molar-refractivity contribution in [3.8, 4) is 6.07 Å². The van der Waals surface area contributed by atoms with Crippen LogP contribution in [0.1, 0.15) is 24.0 Å².